The highest BCUT2D eigenvalue weighted by Gasteiger charge is 2.19. The molecule has 49 heavy (non-hydrogen) atoms. The van der Waals surface area contributed by atoms with Crippen molar-refractivity contribution >= 4 is 70.6 Å². The van der Waals surface area contributed by atoms with Crippen LogP contribution in [0.3, 0.4) is 0 Å². The van der Waals surface area contributed by atoms with Gasteiger partial charge in [0.1, 0.15) is 11.2 Å². The highest BCUT2D eigenvalue weighted by atomic mass is 32.1. The van der Waals surface area contributed by atoms with Crippen molar-refractivity contribution in [2.75, 3.05) is 0 Å². The minimum atomic E-state index is 0.902. The molecule has 0 atom stereocenters. The molecular formula is C44H26N4S. The molecule has 0 radical (unpaired) electrons. The molecule has 0 unspecified atom stereocenters. The highest BCUT2D eigenvalue weighted by molar-refractivity contribution is 7.17. The molecule has 0 N–H and O–H groups in total. The summed E-state index contributed by atoms with van der Waals surface area (Å²) in [6.45, 7) is 0. The van der Waals surface area contributed by atoms with Crippen LogP contribution in [0.5, 0.6) is 0 Å². The van der Waals surface area contributed by atoms with Crippen molar-refractivity contribution in [1.29, 1.82) is 0 Å². The van der Waals surface area contributed by atoms with Gasteiger partial charge in [0.05, 0.1) is 33.5 Å². The van der Waals surface area contributed by atoms with Crippen molar-refractivity contribution in [3.63, 3.8) is 0 Å². The fraction of sp³-hybridized carbons (Fsp3) is 0. The van der Waals surface area contributed by atoms with Crippen molar-refractivity contribution in [3.05, 3.63) is 157 Å². The molecule has 0 bridgehead atoms. The maximum atomic E-state index is 4.67. The summed E-state index contributed by atoms with van der Waals surface area (Å²) < 4.78 is 4.78. The van der Waals surface area contributed by atoms with Crippen molar-refractivity contribution in [2.24, 2.45) is 0 Å². The molecule has 0 aliphatic heterocycles. The maximum absolute atomic E-state index is 4.67. The van der Waals surface area contributed by atoms with Crippen molar-refractivity contribution in [3.8, 4) is 39.3 Å². The van der Waals surface area contributed by atoms with Gasteiger partial charge in [-0.25, -0.2) is 9.97 Å². The van der Waals surface area contributed by atoms with E-state index < -0.39 is 0 Å². The van der Waals surface area contributed by atoms with Crippen LogP contribution >= 0.6 is 11.3 Å². The molecule has 0 spiro atoms. The maximum Gasteiger partial charge on any atom is 0.116 e. The first-order valence-corrected chi connectivity index (χ1v) is 17.4. The Kier molecular flexibility index (Phi) is 5.51. The Hall–Kier alpha value is -6.30. The van der Waals surface area contributed by atoms with Crippen molar-refractivity contribution < 1.29 is 0 Å². The quantitative estimate of drug-likeness (QED) is 0.191. The highest BCUT2D eigenvalue weighted by Crippen LogP contribution is 2.43. The van der Waals surface area contributed by atoms with E-state index in [2.05, 4.69) is 170 Å². The second-order valence-electron chi connectivity index (χ2n) is 12.7. The first kappa shape index (κ1) is 26.7. The molecule has 0 saturated heterocycles. The predicted molar refractivity (Wildman–Crippen MR) is 205 cm³/mol. The molecule has 4 nitrogen and oxygen atoms in total. The number of aromatic nitrogens is 4. The summed E-state index contributed by atoms with van der Waals surface area (Å²) in [4.78, 5) is 10.6. The zero-order chi connectivity index (χ0) is 32.1. The Bertz CT molecular complexity index is 2980. The van der Waals surface area contributed by atoms with Gasteiger partial charge in [-0.05, 0) is 71.1 Å². The van der Waals surface area contributed by atoms with Gasteiger partial charge in [0, 0.05) is 49.1 Å². The van der Waals surface area contributed by atoms with E-state index in [0.717, 1.165) is 28.2 Å². The second-order valence-corrected chi connectivity index (χ2v) is 13.6. The van der Waals surface area contributed by atoms with Crippen LogP contribution in [-0.2, 0) is 0 Å². The largest absolute Gasteiger partial charge is 0.309 e. The van der Waals surface area contributed by atoms with Gasteiger partial charge >= 0.3 is 0 Å². The molecular weight excluding hydrogens is 617 g/mol. The van der Waals surface area contributed by atoms with Crippen LogP contribution in [0.15, 0.2) is 157 Å². The fourth-order valence-electron chi connectivity index (χ4n) is 7.85. The third-order valence-electron chi connectivity index (χ3n) is 10.1. The molecule has 5 aromatic heterocycles. The third kappa shape index (κ3) is 3.85. The minimum absolute atomic E-state index is 0.902. The van der Waals surface area contributed by atoms with Crippen molar-refractivity contribution in [1.82, 2.24) is 18.9 Å². The van der Waals surface area contributed by atoms with E-state index in [-0.39, 0.29) is 0 Å². The smallest absolute Gasteiger partial charge is 0.116 e. The first-order valence-electron chi connectivity index (χ1n) is 16.5. The molecule has 0 fully saturated rings. The Balaban J connectivity index is 0.947. The average molecular weight is 643 g/mol. The van der Waals surface area contributed by atoms with Crippen molar-refractivity contribution in [2.45, 2.75) is 0 Å². The topological polar surface area (TPSA) is 35.1 Å². The average Bonchev–Trinajstić information content (AvgIpc) is 3.93. The molecule has 5 heteroatoms. The molecule has 228 valence electrons. The lowest BCUT2D eigenvalue weighted by atomic mass is 9.98. The number of thiophene rings is 1. The van der Waals surface area contributed by atoms with E-state index in [1.165, 1.54) is 70.3 Å². The van der Waals surface area contributed by atoms with Crippen LogP contribution in [0.4, 0.5) is 0 Å². The first-order chi connectivity index (χ1) is 24.3. The number of benzene rings is 6. The number of hydrogen-bond acceptors (Lipinski definition) is 3. The molecule has 0 amide bonds. The Morgan fingerprint density at radius 3 is 1.61 bits per heavy atom. The predicted octanol–water partition coefficient (Wildman–Crippen LogP) is 11.8. The molecule has 6 aromatic carbocycles. The van der Waals surface area contributed by atoms with Gasteiger partial charge < -0.3 is 4.57 Å². The van der Waals surface area contributed by atoms with Gasteiger partial charge in [-0.3, -0.25) is 4.40 Å². The van der Waals surface area contributed by atoms with Gasteiger partial charge in [-0.15, -0.1) is 11.3 Å². The zero-order valence-corrected chi connectivity index (χ0v) is 27.0. The molecule has 0 aliphatic rings. The van der Waals surface area contributed by atoms with Crippen LogP contribution in [0.25, 0.3) is 98.5 Å². The fourth-order valence-corrected chi connectivity index (χ4v) is 8.78. The standard InChI is InChI=1S/C44H26N4S/c1-4-10-40-32(7-1)33-8-2-5-11-41(33)47(40)31-19-17-29(18-20-31)39-25-38(45-26-46-39)28-15-13-27(14-16-28)30-23-36-34-9-3-6-12-42(34)48-43(36)37(24-30)35-21-22-49-44(35)48/h1-26H. The summed E-state index contributed by atoms with van der Waals surface area (Å²) in [6, 6.07) is 52.5. The molecule has 0 saturated carbocycles. The summed E-state index contributed by atoms with van der Waals surface area (Å²) in [5.41, 5.74) is 12.5. The van der Waals surface area contributed by atoms with Crippen LogP contribution < -0.4 is 0 Å². The van der Waals surface area contributed by atoms with Crippen LogP contribution in [-0.4, -0.2) is 18.9 Å². The van der Waals surface area contributed by atoms with Crippen LogP contribution in [0.1, 0.15) is 0 Å². The van der Waals surface area contributed by atoms with Gasteiger partial charge in [0.2, 0.25) is 0 Å². The van der Waals surface area contributed by atoms with E-state index in [0.29, 0.717) is 0 Å². The summed E-state index contributed by atoms with van der Waals surface area (Å²) in [7, 11) is 0. The van der Waals surface area contributed by atoms with Gasteiger partial charge in [-0.1, -0.05) is 91.0 Å². The molecule has 11 aromatic rings. The summed E-state index contributed by atoms with van der Waals surface area (Å²) in [6.07, 6.45) is 1.67. The SMILES string of the molecule is c1ccc2c(c1)c1ccccc1n2-c1ccc(-c2cc(-c3ccc(-c4cc5c6ccccc6n6c7sccc7c(c4)c56)cc3)ncn2)cc1. The Morgan fingerprint density at radius 2 is 0.959 bits per heavy atom. The minimum Gasteiger partial charge on any atom is -0.309 e. The summed E-state index contributed by atoms with van der Waals surface area (Å²) in [5, 5.41) is 9.97. The normalized spacial score (nSPS) is 12.1. The van der Waals surface area contributed by atoms with Crippen LogP contribution in [0.2, 0.25) is 0 Å². The summed E-state index contributed by atoms with van der Waals surface area (Å²) >= 11 is 1.81. The lowest BCUT2D eigenvalue weighted by Gasteiger charge is -2.10. The zero-order valence-electron chi connectivity index (χ0n) is 26.2. The Labute approximate surface area is 285 Å². The number of rotatable bonds is 4. The number of hydrogen-bond donors (Lipinski definition) is 0. The Morgan fingerprint density at radius 1 is 0.429 bits per heavy atom. The monoisotopic (exact) mass is 642 g/mol. The number of para-hydroxylation sites is 3. The molecule has 11 rings (SSSR count). The second kappa shape index (κ2) is 10.1. The number of nitrogens with zero attached hydrogens (tertiary/aromatic N) is 4. The lowest BCUT2D eigenvalue weighted by Crippen LogP contribution is -1.94. The lowest BCUT2D eigenvalue weighted by molar-refractivity contribution is 1.16. The van der Waals surface area contributed by atoms with E-state index in [9.17, 15) is 0 Å². The third-order valence-corrected chi connectivity index (χ3v) is 11.0. The molecule has 0 aliphatic carbocycles. The van der Waals surface area contributed by atoms with E-state index in [1.54, 1.807) is 6.33 Å². The molecule has 5 heterocycles. The van der Waals surface area contributed by atoms with Crippen LogP contribution in [0, 0.1) is 0 Å². The number of fused-ring (bicyclic) bond motifs is 9. The summed E-state index contributed by atoms with van der Waals surface area (Å²) in [5.74, 6) is 0. The van der Waals surface area contributed by atoms with Gasteiger partial charge in [0.15, 0.2) is 0 Å². The van der Waals surface area contributed by atoms with E-state index >= 15 is 0 Å². The van der Waals surface area contributed by atoms with E-state index in [1.807, 2.05) is 11.3 Å². The van der Waals surface area contributed by atoms with E-state index in [4.69, 9.17) is 0 Å². The van der Waals surface area contributed by atoms with Gasteiger partial charge in [-0.2, -0.15) is 0 Å². The van der Waals surface area contributed by atoms with Gasteiger partial charge in [0.25, 0.3) is 0 Å².